The van der Waals surface area contributed by atoms with Gasteiger partial charge in [0.2, 0.25) is 0 Å². The van der Waals surface area contributed by atoms with E-state index in [0.29, 0.717) is 0 Å². The zero-order chi connectivity index (χ0) is 20.5. The van der Waals surface area contributed by atoms with E-state index in [4.69, 9.17) is 11.6 Å². The molecule has 0 atom stereocenters. The van der Waals surface area contributed by atoms with Crippen molar-refractivity contribution in [3.8, 4) is 0 Å². The van der Waals surface area contributed by atoms with Gasteiger partial charge in [0, 0.05) is 5.02 Å². The predicted octanol–water partition coefficient (Wildman–Crippen LogP) is 9.30. The molecule has 0 N–H and O–H groups in total. The Kier molecular flexibility index (Phi) is 15.7. The fourth-order valence-electron chi connectivity index (χ4n) is 2.47. The van der Waals surface area contributed by atoms with Gasteiger partial charge >= 0.3 is 0 Å². The minimum Gasteiger partial charge on any atom is -0.0955 e. The molecule has 2 aromatic rings. The van der Waals surface area contributed by atoms with Crippen molar-refractivity contribution in [2.75, 3.05) is 0 Å². The summed E-state index contributed by atoms with van der Waals surface area (Å²) < 4.78 is 0. The fourth-order valence-corrected chi connectivity index (χ4v) is 2.61. The zero-order valence-electron chi connectivity index (χ0n) is 18.2. The van der Waals surface area contributed by atoms with E-state index in [0.717, 1.165) is 16.2 Å². The van der Waals surface area contributed by atoms with Crippen molar-refractivity contribution < 1.29 is 0 Å². The van der Waals surface area contributed by atoms with E-state index in [9.17, 15) is 0 Å². The third kappa shape index (κ3) is 13.3. The monoisotopic (exact) mass is 386 g/mol. The molecule has 0 spiro atoms. The Balaban J connectivity index is 0.000000395. The van der Waals surface area contributed by atoms with Crippen LogP contribution in [0.3, 0.4) is 0 Å². The summed E-state index contributed by atoms with van der Waals surface area (Å²) in [5.74, 6) is 0. The number of hydrogen-bond donors (Lipinski definition) is 0. The summed E-state index contributed by atoms with van der Waals surface area (Å²) in [5.41, 5.74) is 4.93. The molecule has 27 heavy (non-hydrogen) atoms. The number of hydrogen-bond acceptors (Lipinski definition) is 0. The summed E-state index contributed by atoms with van der Waals surface area (Å²) >= 11 is 5.71. The van der Waals surface area contributed by atoms with Crippen LogP contribution in [-0.4, -0.2) is 0 Å². The zero-order valence-corrected chi connectivity index (χ0v) is 18.9. The van der Waals surface area contributed by atoms with Crippen molar-refractivity contribution in [2.45, 2.75) is 79.6 Å². The molecule has 0 fully saturated rings. The molecule has 0 radical (unpaired) electrons. The molecule has 2 rings (SSSR count). The van der Waals surface area contributed by atoms with Crippen molar-refractivity contribution in [3.05, 3.63) is 76.8 Å². The van der Waals surface area contributed by atoms with Crippen LogP contribution in [0.1, 0.15) is 82.9 Å². The van der Waals surface area contributed by atoms with E-state index >= 15 is 0 Å². The van der Waals surface area contributed by atoms with Crippen LogP contribution in [0, 0.1) is 6.92 Å². The second-order valence-corrected chi connectivity index (χ2v) is 7.44. The van der Waals surface area contributed by atoms with Gasteiger partial charge in [-0.2, -0.15) is 0 Å². The lowest BCUT2D eigenvalue weighted by molar-refractivity contribution is 0.656. The highest BCUT2D eigenvalue weighted by Gasteiger charge is 1.93. The van der Waals surface area contributed by atoms with Crippen LogP contribution in [-0.2, 0) is 6.42 Å². The number of benzene rings is 2. The number of halogens is 1. The molecule has 0 aliphatic heterocycles. The van der Waals surface area contributed by atoms with Gasteiger partial charge in [-0.3, -0.25) is 0 Å². The van der Waals surface area contributed by atoms with E-state index in [2.05, 4.69) is 51.6 Å². The van der Waals surface area contributed by atoms with E-state index in [1.165, 1.54) is 56.1 Å². The minimum absolute atomic E-state index is 0.840. The quantitative estimate of drug-likeness (QED) is 0.415. The Labute approximate surface area is 173 Å². The average molecular weight is 387 g/mol. The largest absolute Gasteiger partial charge is 0.0955 e. The van der Waals surface area contributed by atoms with Crippen LogP contribution in [0.15, 0.2) is 55.1 Å². The minimum atomic E-state index is 0.840. The lowest BCUT2D eigenvalue weighted by Crippen LogP contribution is -1.83. The van der Waals surface area contributed by atoms with E-state index in [1.54, 1.807) is 0 Å². The van der Waals surface area contributed by atoms with Gasteiger partial charge in [-0.05, 0) is 43.0 Å². The second kappa shape index (κ2) is 16.6. The van der Waals surface area contributed by atoms with Crippen molar-refractivity contribution in [1.82, 2.24) is 0 Å². The van der Waals surface area contributed by atoms with Crippen LogP contribution in [0.5, 0.6) is 0 Å². The van der Waals surface area contributed by atoms with Crippen LogP contribution in [0.25, 0.3) is 5.57 Å². The van der Waals surface area contributed by atoms with Gasteiger partial charge in [0.15, 0.2) is 0 Å². The third-order valence-corrected chi connectivity index (χ3v) is 4.69. The van der Waals surface area contributed by atoms with Gasteiger partial charge in [-0.25, -0.2) is 0 Å². The number of aryl methyl sites for hydroxylation is 2. The van der Waals surface area contributed by atoms with Crippen molar-refractivity contribution in [2.24, 2.45) is 0 Å². The molecular formula is C26H39Cl. The first-order valence-electron chi connectivity index (χ1n) is 10.4. The summed E-state index contributed by atoms with van der Waals surface area (Å²) in [7, 11) is 0. The highest BCUT2D eigenvalue weighted by atomic mass is 35.5. The first-order chi connectivity index (χ1) is 13.0. The van der Waals surface area contributed by atoms with E-state index in [1.807, 2.05) is 38.1 Å². The molecular weight excluding hydrogens is 348 g/mol. The molecule has 150 valence electrons. The van der Waals surface area contributed by atoms with Gasteiger partial charge in [-0.15, -0.1) is 0 Å². The Morgan fingerprint density at radius 2 is 1.37 bits per heavy atom. The molecule has 0 aliphatic carbocycles. The fraction of sp³-hybridized carbons (Fsp3) is 0.462. The molecule has 0 unspecified atom stereocenters. The van der Waals surface area contributed by atoms with Gasteiger partial charge in [0.25, 0.3) is 0 Å². The smallest absolute Gasteiger partial charge is 0.0435 e. The van der Waals surface area contributed by atoms with Gasteiger partial charge in [0.05, 0.1) is 0 Å². The van der Waals surface area contributed by atoms with Crippen LogP contribution in [0.4, 0.5) is 0 Å². The van der Waals surface area contributed by atoms with Gasteiger partial charge in [0.1, 0.15) is 0 Å². The lowest BCUT2D eigenvalue weighted by Gasteiger charge is -2.01. The highest BCUT2D eigenvalue weighted by Crippen LogP contribution is 2.13. The molecule has 0 saturated heterocycles. The maximum Gasteiger partial charge on any atom is 0.0435 e. The highest BCUT2D eigenvalue weighted by molar-refractivity contribution is 6.31. The second-order valence-electron chi connectivity index (χ2n) is 7.04. The number of rotatable bonds is 7. The van der Waals surface area contributed by atoms with E-state index in [-0.39, 0.29) is 0 Å². The molecule has 0 heterocycles. The Hall–Kier alpha value is -1.53. The predicted molar refractivity (Wildman–Crippen MR) is 126 cm³/mol. The summed E-state index contributed by atoms with van der Waals surface area (Å²) in [5, 5.41) is 0.840. The summed E-state index contributed by atoms with van der Waals surface area (Å²) in [4.78, 5) is 0. The normalized spacial score (nSPS) is 9.56. The molecule has 1 heteroatoms. The Morgan fingerprint density at radius 3 is 1.74 bits per heavy atom. The molecule has 0 aliphatic rings. The maximum absolute atomic E-state index is 5.71. The van der Waals surface area contributed by atoms with E-state index < -0.39 is 0 Å². The third-order valence-electron chi connectivity index (χ3n) is 4.27. The van der Waals surface area contributed by atoms with Crippen molar-refractivity contribution in [3.63, 3.8) is 0 Å². The Bertz CT molecular complexity index is 585. The van der Waals surface area contributed by atoms with Crippen molar-refractivity contribution in [1.29, 1.82) is 0 Å². The van der Waals surface area contributed by atoms with Gasteiger partial charge < -0.3 is 0 Å². The molecule has 0 saturated carbocycles. The van der Waals surface area contributed by atoms with Crippen LogP contribution in [0.2, 0.25) is 5.02 Å². The first kappa shape index (κ1) is 25.5. The standard InChI is InChI=1S/C12H16.C7H7Cl.C7H16/c1-4-5-11-6-8-12(9-7-11)10(2)3;1-6-4-2-3-5-7(6)8;1-3-5-7-6-4-2/h6-9H,2,4-5H2,1,3H3;2-5H,1H3;3-7H2,1-2H3. The molecule has 0 aromatic heterocycles. The van der Waals surface area contributed by atoms with Gasteiger partial charge in [-0.1, -0.05) is 126 Å². The molecule has 2 aromatic carbocycles. The molecule has 0 nitrogen and oxygen atoms in total. The number of unbranched alkanes of at least 4 members (excludes halogenated alkanes) is 4. The summed E-state index contributed by atoms with van der Waals surface area (Å²) in [6.07, 6.45) is 9.40. The molecule has 0 amide bonds. The number of allylic oxidation sites excluding steroid dienone is 1. The Morgan fingerprint density at radius 1 is 0.815 bits per heavy atom. The lowest BCUT2D eigenvalue weighted by atomic mass is 10.0. The maximum atomic E-state index is 5.71. The van der Waals surface area contributed by atoms with Crippen molar-refractivity contribution >= 4 is 17.2 Å². The topological polar surface area (TPSA) is 0 Å². The van der Waals surface area contributed by atoms with Crippen LogP contribution < -0.4 is 0 Å². The average Bonchev–Trinajstić information content (AvgIpc) is 2.66. The van der Waals surface area contributed by atoms with Crippen LogP contribution >= 0.6 is 11.6 Å². The summed E-state index contributed by atoms with van der Waals surface area (Å²) in [6.45, 7) is 14.6. The molecule has 0 bridgehead atoms. The SMILES string of the molecule is C=C(C)c1ccc(CCC)cc1.CCCCCCC.Cc1ccccc1Cl. The first-order valence-corrected chi connectivity index (χ1v) is 10.8. The summed E-state index contributed by atoms with van der Waals surface area (Å²) in [6, 6.07) is 16.4.